The minimum atomic E-state index is 0.529. The Morgan fingerprint density at radius 1 is 1.38 bits per heavy atom. The number of H-pyrrole nitrogens is 1. The zero-order valence-electron chi connectivity index (χ0n) is 10.4. The summed E-state index contributed by atoms with van der Waals surface area (Å²) in [5.74, 6) is 1.89. The van der Waals surface area contributed by atoms with E-state index in [4.69, 9.17) is 0 Å². The van der Waals surface area contributed by atoms with Gasteiger partial charge >= 0.3 is 0 Å². The van der Waals surface area contributed by atoms with Gasteiger partial charge in [0.15, 0.2) is 0 Å². The lowest BCUT2D eigenvalue weighted by Gasteiger charge is -2.19. The van der Waals surface area contributed by atoms with Crippen LogP contribution >= 0.6 is 0 Å². The first-order valence-corrected chi connectivity index (χ1v) is 6.53. The van der Waals surface area contributed by atoms with Gasteiger partial charge in [0.1, 0.15) is 5.82 Å². The van der Waals surface area contributed by atoms with Crippen molar-refractivity contribution in [1.29, 1.82) is 0 Å². The molecule has 0 bridgehead atoms. The van der Waals surface area contributed by atoms with Crippen molar-refractivity contribution in [3.63, 3.8) is 0 Å². The average molecular weight is 221 g/mol. The fourth-order valence-corrected chi connectivity index (χ4v) is 2.36. The Kier molecular flexibility index (Phi) is 3.99. The van der Waals surface area contributed by atoms with E-state index in [-0.39, 0.29) is 0 Å². The van der Waals surface area contributed by atoms with Crippen LogP contribution in [0.2, 0.25) is 0 Å². The molecule has 16 heavy (non-hydrogen) atoms. The topological polar surface area (TPSA) is 40.7 Å². The van der Waals surface area contributed by atoms with Gasteiger partial charge in [-0.3, -0.25) is 0 Å². The van der Waals surface area contributed by atoms with Crippen LogP contribution in [0.4, 0.5) is 0 Å². The first-order valence-electron chi connectivity index (χ1n) is 6.53. The zero-order valence-corrected chi connectivity index (χ0v) is 10.4. The molecule has 0 saturated heterocycles. The standard InChI is InChI=1S/C13H23N3/c1-10(2)14-8-12-9-15-13(16-12)11-6-4-3-5-7-11/h9-11,14H,3-8H2,1-2H3,(H,15,16). The van der Waals surface area contributed by atoms with E-state index < -0.39 is 0 Å². The second-order valence-electron chi connectivity index (χ2n) is 5.16. The molecule has 0 aromatic carbocycles. The van der Waals surface area contributed by atoms with Gasteiger partial charge in [0.05, 0.1) is 0 Å². The molecule has 90 valence electrons. The lowest BCUT2D eigenvalue weighted by molar-refractivity contribution is 0.430. The maximum absolute atomic E-state index is 4.52. The number of aromatic nitrogens is 2. The molecule has 1 aromatic heterocycles. The fourth-order valence-electron chi connectivity index (χ4n) is 2.36. The van der Waals surface area contributed by atoms with Gasteiger partial charge in [0.25, 0.3) is 0 Å². The summed E-state index contributed by atoms with van der Waals surface area (Å²) >= 11 is 0. The first kappa shape index (κ1) is 11.6. The number of rotatable bonds is 4. The summed E-state index contributed by atoms with van der Waals surface area (Å²) in [7, 11) is 0. The van der Waals surface area contributed by atoms with E-state index in [0.717, 1.165) is 6.54 Å². The summed E-state index contributed by atoms with van der Waals surface area (Å²) in [5, 5.41) is 3.41. The third-order valence-electron chi connectivity index (χ3n) is 3.34. The van der Waals surface area contributed by atoms with Crippen molar-refractivity contribution < 1.29 is 0 Å². The predicted octanol–water partition coefficient (Wildman–Crippen LogP) is 2.96. The summed E-state index contributed by atoms with van der Waals surface area (Å²) in [4.78, 5) is 7.99. The van der Waals surface area contributed by atoms with E-state index in [1.165, 1.54) is 43.6 Å². The molecule has 3 nitrogen and oxygen atoms in total. The van der Waals surface area contributed by atoms with Crippen LogP contribution in [0.3, 0.4) is 0 Å². The van der Waals surface area contributed by atoms with Gasteiger partial charge in [-0.05, 0) is 12.8 Å². The van der Waals surface area contributed by atoms with Crippen molar-refractivity contribution >= 4 is 0 Å². The highest BCUT2D eigenvalue weighted by Gasteiger charge is 2.18. The summed E-state index contributed by atoms with van der Waals surface area (Å²) in [6.45, 7) is 5.23. The van der Waals surface area contributed by atoms with Gasteiger partial charge in [0, 0.05) is 30.4 Å². The Hall–Kier alpha value is -0.830. The molecule has 1 aromatic rings. The summed E-state index contributed by atoms with van der Waals surface area (Å²) in [6, 6.07) is 0.529. The number of nitrogens with one attached hydrogen (secondary N) is 2. The number of nitrogens with zero attached hydrogens (tertiary/aromatic N) is 1. The Labute approximate surface area is 98.1 Å². The van der Waals surface area contributed by atoms with E-state index in [1.54, 1.807) is 0 Å². The quantitative estimate of drug-likeness (QED) is 0.820. The summed E-state index contributed by atoms with van der Waals surface area (Å²) in [6.07, 6.45) is 8.74. The van der Waals surface area contributed by atoms with Crippen LogP contribution < -0.4 is 5.32 Å². The lowest BCUT2D eigenvalue weighted by atomic mass is 9.89. The number of hydrogen-bond acceptors (Lipinski definition) is 2. The van der Waals surface area contributed by atoms with Crippen LogP contribution in [0.5, 0.6) is 0 Å². The number of aromatic amines is 1. The van der Waals surface area contributed by atoms with Gasteiger partial charge in [-0.1, -0.05) is 33.1 Å². The molecule has 1 aliphatic carbocycles. The van der Waals surface area contributed by atoms with E-state index in [9.17, 15) is 0 Å². The highest BCUT2D eigenvalue weighted by Crippen LogP contribution is 2.30. The van der Waals surface area contributed by atoms with Crippen molar-refractivity contribution in [1.82, 2.24) is 15.3 Å². The van der Waals surface area contributed by atoms with Crippen LogP contribution in [0.1, 0.15) is 63.4 Å². The van der Waals surface area contributed by atoms with Crippen LogP contribution in [0, 0.1) is 0 Å². The molecule has 2 rings (SSSR count). The van der Waals surface area contributed by atoms with Crippen LogP contribution in [-0.4, -0.2) is 16.0 Å². The van der Waals surface area contributed by atoms with E-state index >= 15 is 0 Å². The van der Waals surface area contributed by atoms with Crippen LogP contribution in [-0.2, 0) is 6.54 Å². The molecule has 2 N–H and O–H groups in total. The van der Waals surface area contributed by atoms with Crippen molar-refractivity contribution in [3.8, 4) is 0 Å². The largest absolute Gasteiger partial charge is 0.345 e. The Bertz CT molecular complexity index is 311. The molecular formula is C13H23N3. The van der Waals surface area contributed by atoms with Crippen molar-refractivity contribution in [2.75, 3.05) is 0 Å². The molecule has 1 saturated carbocycles. The SMILES string of the molecule is CC(C)NCc1cnc(C2CCCCC2)[nH]1. The molecule has 1 heterocycles. The highest BCUT2D eigenvalue weighted by atomic mass is 15.0. The van der Waals surface area contributed by atoms with E-state index in [2.05, 4.69) is 29.1 Å². The predicted molar refractivity (Wildman–Crippen MR) is 66.4 cm³/mol. The summed E-state index contributed by atoms with van der Waals surface area (Å²) < 4.78 is 0. The zero-order chi connectivity index (χ0) is 11.4. The van der Waals surface area contributed by atoms with Crippen molar-refractivity contribution in [2.45, 2.75) is 64.5 Å². The van der Waals surface area contributed by atoms with Gasteiger partial charge in [0.2, 0.25) is 0 Å². The van der Waals surface area contributed by atoms with Crippen molar-refractivity contribution in [3.05, 3.63) is 17.7 Å². The Balaban J connectivity index is 1.90. The fraction of sp³-hybridized carbons (Fsp3) is 0.769. The minimum Gasteiger partial charge on any atom is -0.345 e. The second kappa shape index (κ2) is 5.48. The first-order chi connectivity index (χ1) is 7.75. The highest BCUT2D eigenvalue weighted by molar-refractivity contribution is 5.06. The normalized spacial score (nSPS) is 18.2. The third kappa shape index (κ3) is 3.08. The van der Waals surface area contributed by atoms with Gasteiger partial charge in [-0.15, -0.1) is 0 Å². The molecular weight excluding hydrogens is 198 g/mol. The van der Waals surface area contributed by atoms with Gasteiger partial charge < -0.3 is 10.3 Å². The van der Waals surface area contributed by atoms with E-state index in [1.807, 2.05) is 6.20 Å². The average Bonchev–Trinajstić information content (AvgIpc) is 2.76. The lowest BCUT2D eigenvalue weighted by Crippen LogP contribution is -2.22. The molecule has 0 atom stereocenters. The maximum Gasteiger partial charge on any atom is 0.109 e. The third-order valence-corrected chi connectivity index (χ3v) is 3.34. The molecule has 0 amide bonds. The second-order valence-corrected chi connectivity index (χ2v) is 5.16. The summed E-state index contributed by atoms with van der Waals surface area (Å²) in [5.41, 5.74) is 1.22. The Morgan fingerprint density at radius 2 is 2.12 bits per heavy atom. The smallest absolute Gasteiger partial charge is 0.109 e. The molecule has 0 radical (unpaired) electrons. The molecule has 1 fully saturated rings. The van der Waals surface area contributed by atoms with Gasteiger partial charge in [-0.25, -0.2) is 4.98 Å². The Morgan fingerprint density at radius 3 is 2.81 bits per heavy atom. The molecule has 0 spiro atoms. The van der Waals surface area contributed by atoms with Crippen molar-refractivity contribution in [2.24, 2.45) is 0 Å². The minimum absolute atomic E-state index is 0.529. The molecule has 0 aliphatic heterocycles. The molecule has 0 unspecified atom stereocenters. The monoisotopic (exact) mass is 221 g/mol. The van der Waals surface area contributed by atoms with Crippen LogP contribution in [0.25, 0.3) is 0 Å². The van der Waals surface area contributed by atoms with Crippen LogP contribution in [0.15, 0.2) is 6.20 Å². The van der Waals surface area contributed by atoms with Gasteiger partial charge in [-0.2, -0.15) is 0 Å². The van der Waals surface area contributed by atoms with E-state index in [0.29, 0.717) is 12.0 Å². The number of hydrogen-bond donors (Lipinski definition) is 2. The maximum atomic E-state index is 4.52. The molecule has 1 aliphatic rings. The number of imidazole rings is 1. The molecule has 3 heteroatoms.